The molecule has 0 bridgehead atoms. The molecule has 1 heterocycles. The van der Waals surface area contributed by atoms with Crippen molar-refractivity contribution < 1.29 is 0 Å². The first-order valence-corrected chi connectivity index (χ1v) is 6.76. The molecule has 20 heavy (non-hydrogen) atoms. The molecule has 0 saturated carbocycles. The number of hydrogen-bond acceptors (Lipinski definition) is 3. The van der Waals surface area contributed by atoms with Gasteiger partial charge in [0.1, 0.15) is 12.1 Å². The van der Waals surface area contributed by atoms with Gasteiger partial charge in [-0.1, -0.05) is 29.3 Å². The van der Waals surface area contributed by atoms with Crippen molar-refractivity contribution in [3.8, 4) is 0 Å². The van der Waals surface area contributed by atoms with Crippen molar-refractivity contribution in [1.82, 2.24) is 9.97 Å². The molecule has 1 N–H and O–H groups in total. The summed E-state index contributed by atoms with van der Waals surface area (Å²) in [5.74, 6) is 0.795. The standard InChI is InChI=1S/C16H14ClN3/c1-10-6-7-15-12(8-10)16(19-9-18-15)20-14-5-3-4-13(17)11(14)2/h3-9H,1-2H3,(H,18,19,20). The molecule has 0 amide bonds. The van der Waals surface area contributed by atoms with Crippen molar-refractivity contribution in [2.45, 2.75) is 13.8 Å². The number of benzene rings is 2. The molecular weight excluding hydrogens is 270 g/mol. The van der Waals surface area contributed by atoms with Crippen LogP contribution in [-0.2, 0) is 0 Å². The zero-order valence-electron chi connectivity index (χ0n) is 11.3. The number of rotatable bonds is 2. The zero-order valence-corrected chi connectivity index (χ0v) is 12.1. The van der Waals surface area contributed by atoms with Crippen molar-refractivity contribution in [3.63, 3.8) is 0 Å². The summed E-state index contributed by atoms with van der Waals surface area (Å²) in [6.45, 7) is 4.04. The van der Waals surface area contributed by atoms with Crippen LogP contribution in [0.15, 0.2) is 42.7 Å². The fraction of sp³-hybridized carbons (Fsp3) is 0.125. The van der Waals surface area contributed by atoms with Crippen LogP contribution in [0.25, 0.3) is 10.9 Å². The Kier molecular flexibility index (Phi) is 3.28. The van der Waals surface area contributed by atoms with E-state index in [1.165, 1.54) is 5.56 Å². The van der Waals surface area contributed by atoms with Crippen molar-refractivity contribution in [2.75, 3.05) is 5.32 Å². The normalized spacial score (nSPS) is 10.8. The number of aryl methyl sites for hydroxylation is 1. The predicted octanol–water partition coefficient (Wildman–Crippen LogP) is 4.64. The average Bonchev–Trinajstić information content (AvgIpc) is 2.44. The third-order valence-electron chi connectivity index (χ3n) is 3.31. The number of aromatic nitrogens is 2. The van der Waals surface area contributed by atoms with E-state index in [9.17, 15) is 0 Å². The molecule has 0 spiro atoms. The third kappa shape index (κ3) is 2.32. The van der Waals surface area contributed by atoms with E-state index in [-0.39, 0.29) is 0 Å². The molecule has 3 aromatic rings. The summed E-state index contributed by atoms with van der Waals surface area (Å²) in [7, 11) is 0. The van der Waals surface area contributed by atoms with Gasteiger partial charge in [0.25, 0.3) is 0 Å². The minimum Gasteiger partial charge on any atom is -0.339 e. The Morgan fingerprint density at radius 2 is 1.90 bits per heavy atom. The molecule has 0 atom stereocenters. The number of nitrogens with one attached hydrogen (secondary N) is 1. The van der Waals surface area contributed by atoms with Crippen LogP contribution in [-0.4, -0.2) is 9.97 Å². The van der Waals surface area contributed by atoms with E-state index in [0.29, 0.717) is 0 Å². The van der Waals surface area contributed by atoms with Crippen molar-refractivity contribution in [3.05, 3.63) is 58.9 Å². The van der Waals surface area contributed by atoms with E-state index in [4.69, 9.17) is 11.6 Å². The van der Waals surface area contributed by atoms with Gasteiger partial charge in [0.05, 0.1) is 5.52 Å². The highest BCUT2D eigenvalue weighted by Gasteiger charge is 2.07. The molecule has 0 saturated heterocycles. The Morgan fingerprint density at radius 3 is 2.75 bits per heavy atom. The molecule has 100 valence electrons. The van der Waals surface area contributed by atoms with Gasteiger partial charge in [-0.05, 0) is 43.7 Å². The van der Waals surface area contributed by atoms with Gasteiger partial charge in [-0.2, -0.15) is 0 Å². The summed E-state index contributed by atoms with van der Waals surface area (Å²) in [6, 6.07) is 11.9. The number of halogens is 1. The smallest absolute Gasteiger partial charge is 0.141 e. The minimum absolute atomic E-state index is 0.740. The lowest BCUT2D eigenvalue weighted by molar-refractivity contribution is 1.21. The number of anilines is 2. The zero-order chi connectivity index (χ0) is 14.1. The molecule has 0 aliphatic heterocycles. The molecule has 3 nitrogen and oxygen atoms in total. The van der Waals surface area contributed by atoms with Crippen LogP contribution in [0.4, 0.5) is 11.5 Å². The molecule has 3 rings (SSSR count). The van der Waals surface area contributed by atoms with Crippen LogP contribution in [0, 0.1) is 13.8 Å². The van der Waals surface area contributed by atoms with Gasteiger partial charge in [-0.15, -0.1) is 0 Å². The largest absolute Gasteiger partial charge is 0.339 e. The van der Waals surface area contributed by atoms with Crippen LogP contribution >= 0.6 is 11.6 Å². The number of hydrogen-bond donors (Lipinski definition) is 1. The number of fused-ring (bicyclic) bond motifs is 1. The SMILES string of the molecule is Cc1ccc2ncnc(Nc3cccc(Cl)c3C)c2c1. The monoisotopic (exact) mass is 283 g/mol. The number of nitrogens with zero attached hydrogens (tertiary/aromatic N) is 2. The predicted molar refractivity (Wildman–Crippen MR) is 83.7 cm³/mol. The molecule has 0 radical (unpaired) electrons. The Labute approximate surface area is 122 Å². The Bertz CT molecular complexity index is 784. The lowest BCUT2D eigenvalue weighted by Gasteiger charge is -2.11. The second-order valence-corrected chi connectivity index (χ2v) is 5.19. The highest BCUT2D eigenvalue weighted by molar-refractivity contribution is 6.31. The Balaban J connectivity index is 2.11. The van der Waals surface area contributed by atoms with Gasteiger partial charge in [0.15, 0.2) is 0 Å². The van der Waals surface area contributed by atoms with Gasteiger partial charge in [-0.25, -0.2) is 9.97 Å². The molecule has 0 unspecified atom stereocenters. The first-order chi connectivity index (χ1) is 9.65. The third-order valence-corrected chi connectivity index (χ3v) is 3.72. The van der Waals surface area contributed by atoms with E-state index < -0.39 is 0 Å². The topological polar surface area (TPSA) is 37.8 Å². The summed E-state index contributed by atoms with van der Waals surface area (Å²) in [5.41, 5.74) is 4.07. The Hall–Kier alpha value is -2.13. The van der Waals surface area contributed by atoms with Crippen molar-refractivity contribution in [1.29, 1.82) is 0 Å². The average molecular weight is 284 g/mol. The fourth-order valence-electron chi connectivity index (χ4n) is 2.14. The maximum Gasteiger partial charge on any atom is 0.141 e. The van der Waals surface area contributed by atoms with Crippen LogP contribution < -0.4 is 5.32 Å². The van der Waals surface area contributed by atoms with E-state index in [1.54, 1.807) is 6.33 Å². The first kappa shape index (κ1) is 12.9. The van der Waals surface area contributed by atoms with Crippen LogP contribution in [0.3, 0.4) is 0 Å². The molecule has 4 heteroatoms. The highest BCUT2D eigenvalue weighted by Crippen LogP contribution is 2.28. The van der Waals surface area contributed by atoms with Crippen LogP contribution in [0.5, 0.6) is 0 Å². The van der Waals surface area contributed by atoms with Crippen LogP contribution in [0.1, 0.15) is 11.1 Å². The van der Waals surface area contributed by atoms with E-state index in [0.717, 1.165) is 33.0 Å². The molecule has 2 aromatic carbocycles. The quantitative estimate of drug-likeness (QED) is 0.744. The van der Waals surface area contributed by atoms with Crippen molar-refractivity contribution in [2.24, 2.45) is 0 Å². The van der Waals surface area contributed by atoms with Crippen molar-refractivity contribution >= 4 is 34.0 Å². The minimum atomic E-state index is 0.740. The first-order valence-electron chi connectivity index (χ1n) is 6.38. The van der Waals surface area contributed by atoms with Gasteiger partial charge in [0, 0.05) is 16.1 Å². The van der Waals surface area contributed by atoms with Gasteiger partial charge >= 0.3 is 0 Å². The van der Waals surface area contributed by atoms with E-state index >= 15 is 0 Å². The summed E-state index contributed by atoms with van der Waals surface area (Å²) >= 11 is 6.15. The second-order valence-electron chi connectivity index (χ2n) is 4.78. The molecule has 1 aromatic heterocycles. The fourth-order valence-corrected chi connectivity index (χ4v) is 2.32. The highest BCUT2D eigenvalue weighted by atomic mass is 35.5. The second kappa shape index (κ2) is 5.10. The summed E-state index contributed by atoms with van der Waals surface area (Å²) < 4.78 is 0. The molecule has 0 aliphatic rings. The maximum atomic E-state index is 6.15. The molecule has 0 fully saturated rings. The van der Waals surface area contributed by atoms with Gasteiger partial charge in [-0.3, -0.25) is 0 Å². The van der Waals surface area contributed by atoms with Crippen LogP contribution in [0.2, 0.25) is 5.02 Å². The Morgan fingerprint density at radius 1 is 1.05 bits per heavy atom. The summed E-state index contributed by atoms with van der Waals surface area (Å²) in [5, 5.41) is 5.09. The van der Waals surface area contributed by atoms with E-state index in [2.05, 4.69) is 28.3 Å². The summed E-state index contributed by atoms with van der Waals surface area (Å²) in [6.07, 6.45) is 1.57. The maximum absolute atomic E-state index is 6.15. The van der Waals surface area contributed by atoms with Gasteiger partial charge in [0.2, 0.25) is 0 Å². The molecule has 0 aliphatic carbocycles. The summed E-state index contributed by atoms with van der Waals surface area (Å²) in [4.78, 5) is 8.64. The molecular formula is C16H14ClN3. The lowest BCUT2D eigenvalue weighted by Crippen LogP contribution is -1.98. The van der Waals surface area contributed by atoms with Gasteiger partial charge < -0.3 is 5.32 Å². The van der Waals surface area contributed by atoms with E-state index in [1.807, 2.05) is 37.3 Å². The lowest BCUT2D eigenvalue weighted by atomic mass is 10.1.